The number of benzene rings is 3. The maximum atomic E-state index is 6.44. The first kappa shape index (κ1) is 18.8. The second-order valence-corrected chi connectivity index (χ2v) is 10.5. The van der Waals surface area contributed by atoms with Crippen molar-refractivity contribution in [3.63, 3.8) is 0 Å². The summed E-state index contributed by atoms with van der Waals surface area (Å²) in [5, 5.41) is 4.34. The number of hydrogen-bond acceptors (Lipinski definition) is 1. The first-order valence-corrected chi connectivity index (χ1v) is 11.6. The molecule has 0 aromatic heterocycles. The molecule has 3 aromatic carbocycles. The summed E-state index contributed by atoms with van der Waals surface area (Å²) < 4.78 is 0. The van der Waals surface area contributed by atoms with Gasteiger partial charge in [0.1, 0.15) is 23.2 Å². The molecule has 134 valence electrons. The Kier molecular flexibility index (Phi) is 6.61. The van der Waals surface area contributed by atoms with E-state index >= 15 is 0 Å². The molecule has 0 fully saturated rings. The van der Waals surface area contributed by atoms with Crippen LogP contribution in [0.4, 0.5) is 0 Å². The van der Waals surface area contributed by atoms with E-state index in [2.05, 4.69) is 97.9 Å². The van der Waals surface area contributed by atoms with Crippen molar-refractivity contribution < 1.29 is 0 Å². The smallest absolute Gasteiger partial charge is 0.112 e. The van der Waals surface area contributed by atoms with Crippen LogP contribution < -0.4 is 21.6 Å². The SMILES string of the molecule is CCCC(N)CC[P+](c1ccccc1)(c1ccccc1)c1ccccc1. The monoisotopic (exact) mass is 362 g/mol. The van der Waals surface area contributed by atoms with Gasteiger partial charge in [0.25, 0.3) is 0 Å². The van der Waals surface area contributed by atoms with E-state index in [1.54, 1.807) is 0 Å². The molecule has 1 unspecified atom stereocenters. The van der Waals surface area contributed by atoms with E-state index in [-0.39, 0.29) is 6.04 Å². The fourth-order valence-corrected chi connectivity index (χ4v) is 8.19. The minimum atomic E-state index is -1.71. The fraction of sp³-hybridized carbons (Fsp3) is 0.250. The number of nitrogens with two attached hydrogens (primary N) is 1. The van der Waals surface area contributed by atoms with E-state index in [0.717, 1.165) is 25.4 Å². The standard InChI is InChI=1S/C24H29NP/c1-2-12-21(25)19-20-26(22-13-6-3-7-14-22,23-15-8-4-9-16-23)24-17-10-5-11-18-24/h3-11,13-18,21H,2,12,19-20,25H2,1H3/q+1. The molecule has 1 nitrogen and oxygen atoms in total. The Morgan fingerprint density at radius 3 is 1.38 bits per heavy atom. The lowest BCUT2D eigenvalue weighted by Crippen LogP contribution is -2.35. The van der Waals surface area contributed by atoms with Gasteiger partial charge in [0.15, 0.2) is 0 Å². The highest BCUT2D eigenvalue weighted by molar-refractivity contribution is 7.95. The third kappa shape index (κ3) is 4.06. The summed E-state index contributed by atoms with van der Waals surface area (Å²) in [7, 11) is -1.71. The fourth-order valence-electron chi connectivity index (χ4n) is 3.76. The molecule has 3 rings (SSSR count). The predicted molar refractivity (Wildman–Crippen MR) is 118 cm³/mol. The first-order chi connectivity index (χ1) is 12.8. The maximum absolute atomic E-state index is 6.44. The molecule has 0 heterocycles. The maximum Gasteiger partial charge on any atom is 0.112 e. The molecule has 3 aromatic rings. The average Bonchev–Trinajstić information content (AvgIpc) is 2.71. The van der Waals surface area contributed by atoms with Gasteiger partial charge >= 0.3 is 0 Å². The molecule has 2 N–H and O–H groups in total. The van der Waals surface area contributed by atoms with Crippen molar-refractivity contribution in [3.8, 4) is 0 Å². The molecule has 0 bridgehead atoms. The van der Waals surface area contributed by atoms with Crippen molar-refractivity contribution in [3.05, 3.63) is 91.0 Å². The van der Waals surface area contributed by atoms with Crippen LogP contribution in [0.2, 0.25) is 0 Å². The van der Waals surface area contributed by atoms with Crippen molar-refractivity contribution >= 4 is 23.2 Å². The Morgan fingerprint density at radius 2 is 1.04 bits per heavy atom. The van der Waals surface area contributed by atoms with Gasteiger partial charge in [0, 0.05) is 6.04 Å². The molecule has 0 radical (unpaired) electrons. The molecule has 0 aliphatic carbocycles. The summed E-state index contributed by atoms with van der Waals surface area (Å²) in [6.07, 6.45) is 4.42. The zero-order chi connectivity index (χ0) is 18.2. The summed E-state index contributed by atoms with van der Waals surface area (Å²) >= 11 is 0. The van der Waals surface area contributed by atoms with Crippen molar-refractivity contribution in [2.45, 2.75) is 32.2 Å². The van der Waals surface area contributed by atoms with Crippen molar-refractivity contribution in [2.24, 2.45) is 5.73 Å². The summed E-state index contributed by atoms with van der Waals surface area (Å²) in [6, 6.07) is 33.4. The summed E-state index contributed by atoms with van der Waals surface area (Å²) in [5.41, 5.74) is 6.44. The van der Waals surface area contributed by atoms with Crippen LogP contribution in [0.5, 0.6) is 0 Å². The third-order valence-corrected chi connectivity index (χ3v) is 9.55. The van der Waals surface area contributed by atoms with Gasteiger partial charge in [-0.05, 0) is 49.2 Å². The molecule has 0 saturated heterocycles. The Bertz CT molecular complexity index is 674. The summed E-state index contributed by atoms with van der Waals surface area (Å²) in [4.78, 5) is 0. The minimum Gasteiger partial charge on any atom is -0.328 e. The van der Waals surface area contributed by atoms with Gasteiger partial charge in [-0.25, -0.2) is 0 Å². The van der Waals surface area contributed by atoms with Gasteiger partial charge in [-0.15, -0.1) is 0 Å². The minimum absolute atomic E-state index is 0.274. The van der Waals surface area contributed by atoms with Crippen molar-refractivity contribution in [2.75, 3.05) is 6.16 Å². The summed E-state index contributed by atoms with van der Waals surface area (Å²) in [6.45, 7) is 2.22. The first-order valence-electron chi connectivity index (χ1n) is 9.58. The van der Waals surface area contributed by atoms with Crippen LogP contribution in [0, 0.1) is 0 Å². The van der Waals surface area contributed by atoms with Crippen molar-refractivity contribution in [1.82, 2.24) is 0 Å². The van der Waals surface area contributed by atoms with Crippen LogP contribution in [0.25, 0.3) is 0 Å². The van der Waals surface area contributed by atoms with Crippen LogP contribution in [-0.4, -0.2) is 12.2 Å². The number of rotatable bonds is 8. The second-order valence-electron chi connectivity index (χ2n) is 6.88. The highest BCUT2D eigenvalue weighted by Gasteiger charge is 2.44. The van der Waals surface area contributed by atoms with Gasteiger partial charge in [0.05, 0.1) is 6.16 Å². The van der Waals surface area contributed by atoms with Gasteiger partial charge in [-0.2, -0.15) is 0 Å². The Labute approximate surface area is 158 Å². The molecular formula is C24H29NP+. The van der Waals surface area contributed by atoms with E-state index in [0.29, 0.717) is 0 Å². The third-order valence-electron chi connectivity index (χ3n) is 5.09. The van der Waals surface area contributed by atoms with Crippen LogP contribution in [0.1, 0.15) is 26.2 Å². The molecule has 1 atom stereocenters. The van der Waals surface area contributed by atoms with Gasteiger partial charge < -0.3 is 5.73 Å². The normalized spacial score (nSPS) is 12.7. The molecule has 0 spiro atoms. The van der Waals surface area contributed by atoms with Crippen molar-refractivity contribution in [1.29, 1.82) is 0 Å². The Morgan fingerprint density at radius 1 is 0.654 bits per heavy atom. The average molecular weight is 362 g/mol. The predicted octanol–water partition coefficient (Wildman–Crippen LogP) is 4.50. The van der Waals surface area contributed by atoms with Crippen LogP contribution in [0.3, 0.4) is 0 Å². The molecule has 0 aliphatic heterocycles. The Balaban J connectivity index is 2.15. The van der Waals surface area contributed by atoms with E-state index in [4.69, 9.17) is 5.73 Å². The van der Waals surface area contributed by atoms with Gasteiger partial charge in [0.2, 0.25) is 0 Å². The molecule has 2 heteroatoms. The lowest BCUT2D eigenvalue weighted by Gasteiger charge is -2.28. The van der Waals surface area contributed by atoms with Crippen LogP contribution in [-0.2, 0) is 0 Å². The van der Waals surface area contributed by atoms with E-state index in [1.165, 1.54) is 15.9 Å². The lowest BCUT2D eigenvalue weighted by atomic mass is 10.1. The lowest BCUT2D eigenvalue weighted by molar-refractivity contribution is 0.589. The molecule has 0 aliphatic rings. The highest BCUT2D eigenvalue weighted by Crippen LogP contribution is 2.55. The largest absolute Gasteiger partial charge is 0.328 e. The molecular weight excluding hydrogens is 333 g/mol. The van der Waals surface area contributed by atoms with Gasteiger partial charge in [-0.3, -0.25) is 0 Å². The van der Waals surface area contributed by atoms with E-state index < -0.39 is 7.26 Å². The number of hydrogen-bond donors (Lipinski definition) is 1. The van der Waals surface area contributed by atoms with Crippen LogP contribution in [0.15, 0.2) is 91.0 Å². The highest BCUT2D eigenvalue weighted by atomic mass is 31.2. The molecule has 26 heavy (non-hydrogen) atoms. The van der Waals surface area contributed by atoms with Gasteiger partial charge in [-0.1, -0.05) is 67.9 Å². The Hall–Kier alpha value is -1.95. The van der Waals surface area contributed by atoms with E-state index in [1.807, 2.05) is 0 Å². The topological polar surface area (TPSA) is 26.0 Å². The second kappa shape index (κ2) is 9.12. The van der Waals surface area contributed by atoms with Crippen LogP contribution >= 0.6 is 7.26 Å². The molecule has 0 amide bonds. The zero-order valence-corrected chi connectivity index (χ0v) is 16.5. The molecule has 0 saturated carbocycles. The zero-order valence-electron chi connectivity index (χ0n) is 15.6. The quantitative estimate of drug-likeness (QED) is 0.587. The van der Waals surface area contributed by atoms with E-state index in [9.17, 15) is 0 Å². The summed E-state index contributed by atoms with van der Waals surface area (Å²) in [5.74, 6) is 0.